The minimum absolute atomic E-state index is 0.0843. The van der Waals surface area contributed by atoms with Crippen molar-refractivity contribution in [3.05, 3.63) is 54.1 Å². The van der Waals surface area contributed by atoms with E-state index in [-0.39, 0.29) is 23.6 Å². The fraction of sp³-hybridized carbons (Fsp3) is 0.176. The molecule has 144 valence electrons. The summed E-state index contributed by atoms with van der Waals surface area (Å²) < 4.78 is 27.4. The average Bonchev–Trinajstić information content (AvgIpc) is 2.64. The number of esters is 1. The van der Waals surface area contributed by atoms with Crippen LogP contribution in [-0.4, -0.2) is 45.2 Å². The molecule has 2 aromatic carbocycles. The van der Waals surface area contributed by atoms with Gasteiger partial charge in [-0.25, -0.2) is 18.4 Å². The van der Waals surface area contributed by atoms with Crippen molar-refractivity contribution in [1.82, 2.24) is 0 Å². The van der Waals surface area contributed by atoms with Gasteiger partial charge in [-0.15, -0.1) is 0 Å². The van der Waals surface area contributed by atoms with Crippen LogP contribution in [0.15, 0.2) is 53.4 Å². The zero-order chi connectivity index (χ0) is 19.9. The summed E-state index contributed by atoms with van der Waals surface area (Å²) in [5.41, 5.74) is 1.04. The summed E-state index contributed by atoms with van der Waals surface area (Å²) in [6.45, 7) is -0.362. The van der Waals surface area contributed by atoms with E-state index in [1.165, 1.54) is 30.3 Å². The Bertz CT molecular complexity index is 913. The first-order valence-corrected chi connectivity index (χ1v) is 9.39. The summed E-state index contributed by atoms with van der Waals surface area (Å²) in [7, 11) is -3.81. The largest absolute Gasteiger partial charge is 0.452 e. The number of carbonyl (C=O) groups excluding carboxylic acids is 2. The summed E-state index contributed by atoms with van der Waals surface area (Å²) in [6, 6.07) is 11.8. The van der Waals surface area contributed by atoms with Crippen LogP contribution in [0, 0.1) is 0 Å². The fourth-order valence-electron chi connectivity index (χ4n) is 2.14. The van der Waals surface area contributed by atoms with Gasteiger partial charge in [-0.05, 0) is 36.4 Å². The van der Waals surface area contributed by atoms with E-state index < -0.39 is 28.5 Å². The second kappa shape index (κ2) is 9.12. The smallest absolute Gasteiger partial charge is 0.340 e. The van der Waals surface area contributed by atoms with Crippen molar-refractivity contribution in [2.24, 2.45) is 5.14 Å². The van der Waals surface area contributed by atoms with E-state index in [9.17, 15) is 18.0 Å². The first kappa shape index (κ1) is 20.4. The number of aliphatic hydroxyl groups is 1. The van der Waals surface area contributed by atoms with Crippen LogP contribution in [0.3, 0.4) is 0 Å². The first-order valence-electron chi connectivity index (χ1n) is 7.85. The molecular weight excluding hydrogens is 374 g/mol. The van der Waals surface area contributed by atoms with Crippen LogP contribution in [0.5, 0.6) is 0 Å². The lowest BCUT2D eigenvalue weighted by atomic mass is 10.2. The van der Waals surface area contributed by atoms with E-state index >= 15 is 0 Å². The molecule has 0 aliphatic rings. The molecule has 0 atom stereocenters. The normalized spacial score (nSPS) is 10.9. The Kier molecular flexibility index (Phi) is 6.88. The number of benzene rings is 2. The van der Waals surface area contributed by atoms with Crippen molar-refractivity contribution in [2.75, 3.05) is 30.4 Å². The number of aliphatic hydroxyl groups excluding tert-OH is 1. The third-order valence-corrected chi connectivity index (χ3v) is 4.30. The molecule has 5 N–H and O–H groups in total. The van der Waals surface area contributed by atoms with Crippen molar-refractivity contribution >= 4 is 33.3 Å². The van der Waals surface area contributed by atoms with Gasteiger partial charge in [-0.1, -0.05) is 12.1 Å². The fourth-order valence-corrected chi connectivity index (χ4v) is 2.66. The Labute approximate surface area is 156 Å². The zero-order valence-electron chi connectivity index (χ0n) is 14.2. The van der Waals surface area contributed by atoms with Gasteiger partial charge in [0.25, 0.3) is 5.91 Å². The molecule has 0 aromatic heterocycles. The molecular formula is C17H19N3O6S. The molecule has 0 aliphatic carbocycles. The van der Waals surface area contributed by atoms with Crippen molar-refractivity contribution in [1.29, 1.82) is 0 Å². The van der Waals surface area contributed by atoms with Gasteiger partial charge in [0.15, 0.2) is 6.61 Å². The number of sulfonamides is 1. The monoisotopic (exact) mass is 393 g/mol. The van der Waals surface area contributed by atoms with E-state index in [0.717, 1.165) is 0 Å². The topological polar surface area (TPSA) is 148 Å². The van der Waals surface area contributed by atoms with Crippen molar-refractivity contribution in [2.45, 2.75) is 4.90 Å². The molecule has 27 heavy (non-hydrogen) atoms. The van der Waals surface area contributed by atoms with Gasteiger partial charge in [0, 0.05) is 17.9 Å². The number of nitrogens with two attached hydrogens (primary N) is 1. The molecule has 0 spiro atoms. The van der Waals surface area contributed by atoms with Crippen molar-refractivity contribution < 1.29 is 27.9 Å². The lowest BCUT2D eigenvalue weighted by Crippen LogP contribution is -2.21. The van der Waals surface area contributed by atoms with Gasteiger partial charge >= 0.3 is 5.97 Å². The van der Waals surface area contributed by atoms with Gasteiger partial charge < -0.3 is 20.5 Å². The van der Waals surface area contributed by atoms with Crippen LogP contribution in [-0.2, 0) is 19.6 Å². The number of nitrogens with one attached hydrogen (secondary N) is 2. The number of anilines is 2. The highest BCUT2D eigenvalue weighted by molar-refractivity contribution is 7.89. The molecule has 0 unspecified atom stereocenters. The molecule has 2 rings (SSSR count). The Morgan fingerprint density at radius 2 is 1.74 bits per heavy atom. The zero-order valence-corrected chi connectivity index (χ0v) is 15.0. The number of primary sulfonamides is 1. The second-order valence-electron chi connectivity index (χ2n) is 5.39. The van der Waals surface area contributed by atoms with Crippen LogP contribution in [0.4, 0.5) is 11.4 Å². The molecule has 0 fully saturated rings. The van der Waals surface area contributed by atoms with E-state index in [4.69, 9.17) is 15.0 Å². The molecule has 0 saturated heterocycles. The lowest BCUT2D eigenvalue weighted by molar-refractivity contribution is -0.119. The summed E-state index contributed by atoms with van der Waals surface area (Å²) >= 11 is 0. The number of rotatable bonds is 8. The van der Waals surface area contributed by atoms with Crippen LogP contribution < -0.4 is 15.8 Å². The molecule has 0 radical (unpaired) electrons. The molecule has 9 nitrogen and oxygen atoms in total. The summed E-state index contributed by atoms with van der Waals surface area (Å²) in [5.74, 6) is -1.29. The molecule has 0 saturated carbocycles. The SMILES string of the molecule is NS(=O)(=O)c1ccc(NC(=O)COC(=O)c2ccccc2NCCO)cc1. The van der Waals surface area contributed by atoms with E-state index in [0.29, 0.717) is 11.4 Å². The molecule has 1 amide bonds. The molecule has 0 heterocycles. The number of para-hydroxylation sites is 1. The molecule has 10 heteroatoms. The third kappa shape index (κ3) is 6.06. The molecule has 0 bridgehead atoms. The predicted molar refractivity (Wildman–Crippen MR) is 98.7 cm³/mol. The lowest BCUT2D eigenvalue weighted by Gasteiger charge is -2.11. The van der Waals surface area contributed by atoms with Gasteiger partial charge in [0.1, 0.15) is 0 Å². The maximum atomic E-state index is 12.2. The molecule has 0 aliphatic heterocycles. The van der Waals surface area contributed by atoms with E-state index in [2.05, 4.69) is 10.6 Å². The first-order chi connectivity index (χ1) is 12.8. The summed E-state index contributed by atoms with van der Waals surface area (Å²) in [6.07, 6.45) is 0. The summed E-state index contributed by atoms with van der Waals surface area (Å²) in [4.78, 5) is 24.0. The maximum absolute atomic E-state index is 12.2. The maximum Gasteiger partial charge on any atom is 0.340 e. The summed E-state index contributed by atoms with van der Waals surface area (Å²) in [5, 5.41) is 19.2. The number of hydrogen-bond acceptors (Lipinski definition) is 7. The second-order valence-corrected chi connectivity index (χ2v) is 6.95. The van der Waals surface area contributed by atoms with E-state index in [1.807, 2.05) is 0 Å². The van der Waals surface area contributed by atoms with Crippen LogP contribution in [0.1, 0.15) is 10.4 Å². The highest BCUT2D eigenvalue weighted by Crippen LogP contribution is 2.16. The third-order valence-electron chi connectivity index (χ3n) is 3.38. The van der Waals surface area contributed by atoms with Crippen molar-refractivity contribution in [3.8, 4) is 0 Å². The Hall–Kier alpha value is -2.95. The number of hydrogen-bond donors (Lipinski definition) is 4. The quantitative estimate of drug-likeness (QED) is 0.478. The van der Waals surface area contributed by atoms with Gasteiger partial charge in [-0.3, -0.25) is 4.79 Å². The van der Waals surface area contributed by atoms with Gasteiger partial charge in [0.05, 0.1) is 17.1 Å². The van der Waals surface area contributed by atoms with E-state index in [1.54, 1.807) is 18.2 Å². The number of ether oxygens (including phenoxy) is 1. The molecule has 2 aromatic rings. The standard InChI is InChI=1S/C17H19N3O6S/c18-27(24,25)13-7-5-12(6-8-13)20-16(22)11-26-17(23)14-3-1-2-4-15(14)19-9-10-21/h1-8,19,21H,9-11H2,(H,20,22)(H2,18,24,25). The van der Waals surface area contributed by atoms with Crippen LogP contribution in [0.2, 0.25) is 0 Å². The average molecular weight is 393 g/mol. The van der Waals surface area contributed by atoms with Gasteiger partial charge in [0.2, 0.25) is 10.0 Å². The minimum atomic E-state index is -3.81. The predicted octanol–water partition coefficient (Wildman–Crippen LogP) is 0.534. The number of amides is 1. The van der Waals surface area contributed by atoms with Gasteiger partial charge in [-0.2, -0.15) is 0 Å². The Balaban J connectivity index is 1.93. The highest BCUT2D eigenvalue weighted by atomic mass is 32.2. The Morgan fingerprint density at radius 1 is 1.07 bits per heavy atom. The highest BCUT2D eigenvalue weighted by Gasteiger charge is 2.14. The minimum Gasteiger partial charge on any atom is -0.452 e. The van der Waals surface area contributed by atoms with Crippen molar-refractivity contribution in [3.63, 3.8) is 0 Å². The number of carbonyl (C=O) groups is 2. The Morgan fingerprint density at radius 3 is 2.37 bits per heavy atom. The van der Waals surface area contributed by atoms with Crippen LogP contribution >= 0.6 is 0 Å². The van der Waals surface area contributed by atoms with Crippen LogP contribution in [0.25, 0.3) is 0 Å².